The number of hydrogen-bond acceptors (Lipinski definition) is 3. The first-order valence-electron chi connectivity index (χ1n) is 10.3. The smallest absolute Gasteiger partial charge is 0.191 e. The highest BCUT2D eigenvalue weighted by atomic mass is 15.2. The zero-order valence-electron chi connectivity index (χ0n) is 17.1. The number of nitrogens with one attached hydrogen (secondary N) is 2. The van der Waals surface area contributed by atoms with E-state index in [0.717, 1.165) is 49.0 Å². The van der Waals surface area contributed by atoms with E-state index < -0.39 is 0 Å². The number of pyridine rings is 1. The van der Waals surface area contributed by atoms with E-state index in [1.807, 2.05) is 30.0 Å². The van der Waals surface area contributed by atoms with Crippen LogP contribution in [0.5, 0.6) is 0 Å². The van der Waals surface area contributed by atoms with Gasteiger partial charge >= 0.3 is 0 Å². The molecule has 150 valence electrons. The van der Waals surface area contributed by atoms with Crippen LogP contribution in [-0.4, -0.2) is 33.1 Å². The molecule has 0 aliphatic heterocycles. The van der Waals surface area contributed by atoms with E-state index in [9.17, 15) is 0 Å². The van der Waals surface area contributed by atoms with E-state index >= 15 is 0 Å². The Balaban J connectivity index is 1.40. The molecule has 4 rings (SSSR count). The van der Waals surface area contributed by atoms with Crippen LogP contribution in [0, 0.1) is 6.92 Å². The number of imidazole rings is 1. The molecule has 1 atom stereocenters. The van der Waals surface area contributed by atoms with Crippen molar-refractivity contribution >= 4 is 5.96 Å². The summed E-state index contributed by atoms with van der Waals surface area (Å²) in [6.45, 7) is 5.50. The highest BCUT2D eigenvalue weighted by Crippen LogP contribution is 2.21. The summed E-state index contributed by atoms with van der Waals surface area (Å²) in [5.74, 6) is 2.67. The standard InChI is InChI=1S/C23H28N6/c1-3-24-23(28-21-10-9-19-6-4-5-7-20(19)14-21)27-16-18-8-11-22(26-15-18)29-13-12-25-17(29)2/h4-8,11-13,15,21H,3,9-10,14,16H2,1-2H3,(H2,24,27,28). The minimum Gasteiger partial charge on any atom is -0.357 e. The van der Waals surface area contributed by atoms with Crippen LogP contribution in [0.4, 0.5) is 0 Å². The number of aromatic nitrogens is 3. The molecule has 0 radical (unpaired) electrons. The van der Waals surface area contributed by atoms with Gasteiger partial charge in [0.25, 0.3) is 0 Å². The fraction of sp³-hybridized carbons (Fsp3) is 0.348. The first-order valence-corrected chi connectivity index (χ1v) is 10.3. The summed E-state index contributed by atoms with van der Waals surface area (Å²) in [6.07, 6.45) is 8.88. The number of rotatable bonds is 5. The zero-order valence-corrected chi connectivity index (χ0v) is 17.1. The van der Waals surface area contributed by atoms with Crippen LogP contribution in [0.25, 0.3) is 5.82 Å². The number of aliphatic imine (C=N–C) groups is 1. The van der Waals surface area contributed by atoms with Gasteiger partial charge in [0.15, 0.2) is 5.96 Å². The second-order valence-corrected chi connectivity index (χ2v) is 7.42. The average molecular weight is 389 g/mol. The monoisotopic (exact) mass is 388 g/mol. The molecule has 0 saturated heterocycles. The number of aryl methyl sites for hydroxylation is 2. The van der Waals surface area contributed by atoms with Crippen molar-refractivity contribution in [2.45, 2.75) is 45.7 Å². The topological polar surface area (TPSA) is 67.1 Å². The Morgan fingerprint density at radius 3 is 2.76 bits per heavy atom. The Kier molecular flexibility index (Phi) is 5.89. The summed E-state index contributed by atoms with van der Waals surface area (Å²) in [5, 5.41) is 6.99. The zero-order chi connectivity index (χ0) is 20.1. The first-order chi connectivity index (χ1) is 14.2. The van der Waals surface area contributed by atoms with Crippen molar-refractivity contribution in [3.63, 3.8) is 0 Å². The quantitative estimate of drug-likeness (QED) is 0.520. The van der Waals surface area contributed by atoms with Gasteiger partial charge in [-0.05, 0) is 55.9 Å². The van der Waals surface area contributed by atoms with Gasteiger partial charge in [-0.1, -0.05) is 30.3 Å². The highest BCUT2D eigenvalue weighted by molar-refractivity contribution is 5.80. The van der Waals surface area contributed by atoms with Crippen molar-refractivity contribution in [2.75, 3.05) is 6.54 Å². The van der Waals surface area contributed by atoms with E-state index in [-0.39, 0.29) is 0 Å². The summed E-state index contributed by atoms with van der Waals surface area (Å²) >= 11 is 0. The van der Waals surface area contributed by atoms with Crippen molar-refractivity contribution in [2.24, 2.45) is 4.99 Å². The molecular weight excluding hydrogens is 360 g/mol. The minimum absolute atomic E-state index is 0.410. The molecular formula is C23H28N6. The summed E-state index contributed by atoms with van der Waals surface area (Å²) in [7, 11) is 0. The molecule has 2 aromatic heterocycles. The largest absolute Gasteiger partial charge is 0.357 e. The average Bonchev–Trinajstić information content (AvgIpc) is 3.18. The molecule has 29 heavy (non-hydrogen) atoms. The van der Waals surface area contributed by atoms with Gasteiger partial charge in [0, 0.05) is 31.2 Å². The Bertz CT molecular complexity index is 973. The van der Waals surface area contributed by atoms with Gasteiger partial charge in [0.1, 0.15) is 11.6 Å². The van der Waals surface area contributed by atoms with Crippen LogP contribution >= 0.6 is 0 Å². The molecule has 3 aromatic rings. The number of benzene rings is 1. The predicted molar refractivity (Wildman–Crippen MR) is 116 cm³/mol. The van der Waals surface area contributed by atoms with E-state index in [0.29, 0.717) is 12.6 Å². The first kappa shape index (κ1) is 19.2. The van der Waals surface area contributed by atoms with Gasteiger partial charge in [-0.2, -0.15) is 0 Å². The third-order valence-corrected chi connectivity index (χ3v) is 5.33. The summed E-state index contributed by atoms with van der Waals surface area (Å²) in [6, 6.07) is 13.2. The lowest BCUT2D eigenvalue weighted by molar-refractivity contribution is 0.520. The fourth-order valence-corrected chi connectivity index (χ4v) is 3.78. The van der Waals surface area contributed by atoms with Gasteiger partial charge in [-0.25, -0.2) is 15.0 Å². The molecule has 0 saturated carbocycles. The molecule has 6 nitrogen and oxygen atoms in total. The third kappa shape index (κ3) is 4.65. The molecule has 0 amide bonds. The molecule has 1 aromatic carbocycles. The molecule has 0 spiro atoms. The fourth-order valence-electron chi connectivity index (χ4n) is 3.78. The second-order valence-electron chi connectivity index (χ2n) is 7.42. The number of guanidine groups is 1. The van der Waals surface area contributed by atoms with Crippen molar-refractivity contribution in [3.8, 4) is 5.82 Å². The number of fused-ring (bicyclic) bond motifs is 1. The van der Waals surface area contributed by atoms with Crippen LogP contribution in [0.2, 0.25) is 0 Å². The van der Waals surface area contributed by atoms with E-state index in [1.165, 1.54) is 11.1 Å². The predicted octanol–water partition coefficient (Wildman–Crippen LogP) is 3.19. The molecule has 2 heterocycles. The molecule has 1 unspecified atom stereocenters. The summed E-state index contributed by atoms with van der Waals surface area (Å²) in [4.78, 5) is 13.6. The van der Waals surface area contributed by atoms with Crippen LogP contribution < -0.4 is 10.6 Å². The van der Waals surface area contributed by atoms with Crippen molar-refractivity contribution in [1.82, 2.24) is 25.2 Å². The van der Waals surface area contributed by atoms with Crippen LogP contribution in [0.1, 0.15) is 35.9 Å². The van der Waals surface area contributed by atoms with E-state index in [1.54, 1.807) is 6.20 Å². The van der Waals surface area contributed by atoms with Gasteiger partial charge in [0.2, 0.25) is 0 Å². The molecule has 1 aliphatic rings. The highest BCUT2D eigenvalue weighted by Gasteiger charge is 2.18. The van der Waals surface area contributed by atoms with Gasteiger partial charge in [0.05, 0.1) is 6.54 Å². The van der Waals surface area contributed by atoms with Gasteiger partial charge in [-0.3, -0.25) is 4.57 Å². The van der Waals surface area contributed by atoms with E-state index in [2.05, 4.69) is 57.9 Å². The van der Waals surface area contributed by atoms with Crippen molar-refractivity contribution in [1.29, 1.82) is 0 Å². The van der Waals surface area contributed by atoms with Crippen LogP contribution in [-0.2, 0) is 19.4 Å². The molecule has 0 fully saturated rings. The van der Waals surface area contributed by atoms with Crippen molar-refractivity contribution < 1.29 is 0 Å². The second kappa shape index (κ2) is 8.90. The lowest BCUT2D eigenvalue weighted by Gasteiger charge is -2.27. The Morgan fingerprint density at radius 2 is 2.03 bits per heavy atom. The van der Waals surface area contributed by atoms with Gasteiger partial charge in [-0.15, -0.1) is 0 Å². The molecule has 1 aliphatic carbocycles. The van der Waals surface area contributed by atoms with Crippen molar-refractivity contribution in [3.05, 3.63) is 77.5 Å². The maximum atomic E-state index is 4.78. The Morgan fingerprint density at radius 1 is 1.17 bits per heavy atom. The van der Waals surface area contributed by atoms with Gasteiger partial charge < -0.3 is 10.6 Å². The lowest BCUT2D eigenvalue weighted by Crippen LogP contribution is -2.45. The normalized spacial score (nSPS) is 16.3. The summed E-state index contributed by atoms with van der Waals surface area (Å²) in [5.41, 5.74) is 4.01. The Hall–Kier alpha value is -3.15. The maximum Gasteiger partial charge on any atom is 0.191 e. The molecule has 2 N–H and O–H groups in total. The maximum absolute atomic E-state index is 4.78. The van der Waals surface area contributed by atoms with E-state index in [4.69, 9.17) is 4.99 Å². The number of hydrogen-bond donors (Lipinski definition) is 2. The number of nitrogens with zero attached hydrogens (tertiary/aromatic N) is 4. The van der Waals surface area contributed by atoms with Crippen LogP contribution in [0.3, 0.4) is 0 Å². The SMILES string of the molecule is CCNC(=NCc1ccc(-n2ccnc2C)nc1)NC1CCc2ccccc2C1. The summed E-state index contributed by atoms with van der Waals surface area (Å²) < 4.78 is 1.97. The molecule has 0 bridgehead atoms. The Labute approximate surface area is 172 Å². The minimum atomic E-state index is 0.410. The molecule has 6 heteroatoms. The lowest BCUT2D eigenvalue weighted by atomic mass is 9.88. The third-order valence-electron chi connectivity index (χ3n) is 5.33. The van der Waals surface area contributed by atoms with Crippen LogP contribution in [0.15, 0.2) is 60.0 Å².